The van der Waals surface area contributed by atoms with E-state index in [9.17, 15) is 14.4 Å². The molecule has 1 aromatic rings. The van der Waals surface area contributed by atoms with Gasteiger partial charge in [0.1, 0.15) is 12.2 Å². The van der Waals surface area contributed by atoms with Gasteiger partial charge in [-0.3, -0.25) is 9.59 Å². The number of ether oxygens (including phenoxy) is 3. The predicted molar refractivity (Wildman–Crippen MR) is 107 cm³/mol. The van der Waals surface area contributed by atoms with Crippen molar-refractivity contribution < 1.29 is 28.6 Å². The molecule has 1 amide bonds. The Morgan fingerprint density at radius 3 is 2.41 bits per heavy atom. The first kappa shape index (κ1) is 22.7. The summed E-state index contributed by atoms with van der Waals surface area (Å²) >= 11 is 0. The van der Waals surface area contributed by atoms with E-state index >= 15 is 0 Å². The second kappa shape index (κ2) is 9.76. The van der Waals surface area contributed by atoms with Gasteiger partial charge in [0.05, 0.1) is 18.4 Å². The first-order valence-corrected chi connectivity index (χ1v) is 10.00. The smallest absolute Gasteiger partial charge is 0.410 e. The summed E-state index contributed by atoms with van der Waals surface area (Å²) in [6.45, 7) is 7.95. The van der Waals surface area contributed by atoms with Gasteiger partial charge in [-0.25, -0.2) is 4.79 Å². The van der Waals surface area contributed by atoms with E-state index in [4.69, 9.17) is 14.2 Å². The van der Waals surface area contributed by atoms with Crippen LogP contribution in [0.1, 0.15) is 52.5 Å². The lowest BCUT2D eigenvalue weighted by atomic mass is 9.77. The van der Waals surface area contributed by atoms with Crippen molar-refractivity contribution in [3.63, 3.8) is 0 Å². The predicted octanol–water partition coefficient (Wildman–Crippen LogP) is 3.70. The van der Waals surface area contributed by atoms with Gasteiger partial charge in [0.2, 0.25) is 0 Å². The minimum Gasteiger partial charge on any atom is -0.466 e. The number of esters is 2. The second-order valence-electron chi connectivity index (χ2n) is 8.33. The molecule has 1 heterocycles. The van der Waals surface area contributed by atoms with Crippen LogP contribution in [-0.4, -0.2) is 48.2 Å². The van der Waals surface area contributed by atoms with Gasteiger partial charge < -0.3 is 19.1 Å². The second-order valence-corrected chi connectivity index (χ2v) is 8.33. The topological polar surface area (TPSA) is 82.1 Å². The number of piperidine rings is 1. The number of likely N-dealkylation sites (tertiary alicyclic amines) is 1. The molecule has 29 heavy (non-hydrogen) atoms. The largest absolute Gasteiger partial charge is 0.466 e. The maximum Gasteiger partial charge on any atom is 0.410 e. The van der Waals surface area contributed by atoms with E-state index in [0.29, 0.717) is 19.4 Å². The van der Waals surface area contributed by atoms with Crippen molar-refractivity contribution in [1.29, 1.82) is 0 Å². The third-order valence-corrected chi connectivity index (χ3v) is 4.66. The average Bonchev–Trinajstić information content (AvgIpc) is 2.66. The quantitative estimate of drug-likeness (QED) is 0.530. The van der Waals surface area contributed by atoms with Crippen LogP contribution in [0.2, 0.25) is 0 Å². The molecule has 7 heteroatoms. The van der Waals surface area contributed by atoms with E-state index in [2.05, 4.69) is 0 Å². The molecule has 1 aliphatic heterocycles. The van der Waals surface area contributed by atoms with Crippen molar-refractivity contribution in [1.82, 2.24) is 4.90 Å². The van der Waals surface area contributed by atoms with E-state index in [-0.39, 0.29) is 26.2 Å². The van der Waals surface area contributed by atoms with E-state index in [1.54, 1.807) is 27.7 Å². The van der Waals surface area contributed by atoms with Gasteiger partial charge >= 0.3 is 18.0 Å². The molecule has 2 rings (SSSR count). The van der Waals surface area contributed by atoms with Crippen LogP contribution in [0, 0.1) is 5.41 Å². The Morgan fingerprint density at radius 1 is 1.10 bits per heavy atom. The summed E-state index contributed by atoms with van der Waals surface area (Å²) < 4.78 is 16.1. The van der Waals surface area contributed by atoms with E-state index in [1.807, 2.05) is 30.3 Å². The van der Waals surface area contributed by atoms with Crippen molar-refractivity contribution in [3.05, 3.63) is 35.9 Å². The summed E-state index contributed by atoms with van der Waals surface area (Å²) in [5.41, 5.74) is -0.903. The molecule has 0 radical (unpaired) electrons. The molecule has 1 aromatic carbocycles. The van der Waals surface area contributed by atoms with Crippen molar-refractivity contribution in [2.24, 2.45) is 5.41 Å². The summed E-state index contributed by atoms with van der Waals surface area (Å²) in [4.78, 5) is 39.3. The van der Waals surface area contributed by atoms with Crippen molar-refractivity contribution in [2.45, 2.75) is 59.2 Å². The van der Waals surface area contributed by atoms with Crippen molar-refractivity contribution in [2.75, 3.05) is 19.7 Å². The molecule has 0 bridgehead atoms. The number of hydrogen-bond donors (Lipinski definition) is 0. The van der Waals surface area contributed by atoms with Gasteiger partial charge in [-0.15, -0.1) is 0 Å². The third-order valence-electron chi connectivity index (χ3n) is 4.66. The van der Waals surface area contributed by atoms with Gasteiger partial charge in [-0.2, -0.15) is 0 Å². The van der Waals surface area contributed by atoms with Gasteiger partial charge in [-0.1, -0.05) is 30.3 Å². The zero-order valence-corrected chi connectivity index (χ0v) is 17.7. The van der Waals surface area contributed by atoms with Gasteiger partial charge in [0.15, 0.2) is 0 Å². The van der Waals surface area contributed by atoms with Crippen LogP contribution in [0.15, 0.2) is 30.3 Å². The summed E-state index contributed by atoms with van der Waals surface area (Å²) in [6, 6.07) is 9.33. The van der Waals surface area contributed by atoms with Crippen LogP contribution in [0.25, 0.3) is 0 Å². The van der Waals surface area contributed by atoms with Crippen molar-refractivity contribution in [3.8, 4) is 0 Å². The number of benzene rings is 1. The lowest BCUT2D eigenvalue weighted by Crippen LogP contribution is -2.52. The molecule has 0 aromatic heterocycles. The molecule has 0 spiro atoms. The number of carbonyl (C=O) groups excluding carboxylic acids is 3. The summed E-state index contributed by atoms with van der Waals surface area (Å²) in [7, 11) is 0. The number of carbonyl (C=O) groups is 3. The third kappa shape index (κ3) is 6.76. The first-order valence-electron chi connectivity index (χ1n) is 10.00. The molecule has 1 unspecified atom stereocenters. The first-order chi connectivity index (χ1) is 13.6. The van der Waals surface area contributed by atoms with Gasteiger partial charge in [0, 0.05) is 13.1 Å². The highest BCUT2D eigenvalue weighted by atomic mass is 16.6. The maximum absolute atomic E-state index is 12.8. The molecular formula is C22H31NO6. The fraction of sp³-hybridized carbons (Fsp3) is 0.591. The highest BCUT2D eigenvalue weighted by molar-refractivity contribution is 5.84. The Morgan fingerprint density at radius 2 is 1.79 bits per heavy atom. The SMILES string of the molecule is CCOC(=O)C1(CC(=O)OCc2ccccc2)CCCN(C(=O)OC(C)(C)C)C1. The molecule has 160 valence electrons. The Bertz CT molecular complexity index is 712. The molecule has 0 N–H and O–H groups in total. The Balaban J connectivity index is 2.09. The molecular weight excluding hydrogens is 374 g/mol. The van der Waals surface area contributed by atoms with Crippen LogP contribution in [0.5, 0.6) is 0 Å². The zero-order valence-electron chi connectivity index (χ0n) is 17.7. The molecule has 7 nitrogen and oxygen atoms in total. The normalized spacial score (nSPS) is 19.4. The molecule has 1 saturated heterocycles. The van der Waals surface area contributed by atoms with Gasteiger partial charge in [0.25, 0.3) is 0 Å². The summed E-state index contributed by atoms with van der Waals surface area (Å²) in [5.74, 6) is -0.974. The maximum atomic E-state index is 12.8. The van der Waals surface area contributed by atoms with Crippen LogP contribution in [0.4, 0.5) is 4.79 Å². The van der Waals surface area contributed by atoms with Crippen LogP contribution < -0.4 is 0 Å². The fourth-order valence-electron chi connectivity index (χ4n) is 3.35. The minimum atomic E-state index is -1.13. The Hall–Kier alpha value is -2.57. The number of rotatable bonds is 6. The number of hydrogen-bond acceptors (Lipinski definition) is 6. The molecule has 0 aliphatic carbocycles. The van der Waals surface area contributed by atoms with E-state index < -0.39 is 29.0 Å². The van der Waals surface area contributed by atoms with Crippen LogP contribution >= 0.6 is 0 Å². The van der Waals surface area contributed by atoms with Crippen LogP contribution in [0.3, 0.4) is 0 Å². The average molecular weight is 405 g/mol. The Kier molecular flexibility index (Phi) is 7.65. The number of nitrogens with zero attached hydrogens (tertiary/aromatic N) is 1. The highest BCUT2D eigenvalue weighted by Gasteiger charge is 2.47. The van der Waals surface area contributed by atoms with E-state index in [1.165, 1.54) is 4.90 Å². The number of amides is 1. The summed E-state index contributed by atoms with van der Waals surface area (Å²) in [5, 5.41) is 0. The molecule has 1 fully saturated rings. The highest BCUT2D eigenvalue weighted by Crippen LogP contribution is 2.36. The Labute approximate surface area is 172 Å². The fourth-order valence-corrected chi connectivity index (χ4v) is 3.35. The summed E-state index contributed by atoms with van der Waals surface area (Å²) in [6.07, 6.45) is 0.386. The van der Waals surface area contributed by atoms with Crippen LogP contribution in [-0.2, 0) is 30.4 Å². The zero-order chi connectivity index (χ0) is 21.5. The van der Waals surface area contributed by atoms with Crippen molar-refractivity contribution >= 4 is 18.0 Å². The monoisotopic (exact) mass is 405 g/mol. The lowest BCUT2D eigenvalue weighted by Gasteiger charge is -2.40. The molecule has 0 saturated carbocycles. The standard InChI is InChI=1S/C22H31NO6/c1-5-27-19(25)22(14-18(24)28-15-17-10-7-6-8-11-17)12-9-13-23(16-22)20(26)29-21(2,3)4/h6-8,10-11H,5,9,12-16H2,1-4H3. The molecule has 1 atom stereocenters. The lowest BCUT2D eigenvalue weighted by molar-refractivity contribution is -0.166. The van der Waals surface area contributed by atoms with Gasteiger partial charge in [-0.05, 0) is 46.1 Å². The minimum absolute atomic E-state index is 0.0706. The molecule has 1 aliphatic rings. The van der Waals surface area contributed by atoms with E-state index in [0.717, 1.165) is 5.56 Å².